The molecule has 0 aliphatic carbocycles. The molecule has 2 bridgehead atoms. The molecule has 0 saturated carbocycles. The molecule has 0 aromatic heterocycles. The fourth-order valence-corrected chi connectivity index (χ4v) is 5.97. The van der Waals surface area contributed by atoms with Crippen LogP contribution in [0.2, 0.25) is 0 Å². The zero-order valence-electron chi connectivity index (χ0n) is 15.6. The lowest BCUT2D eigenvalue weighted by molar-refractivity contribution is 0.00219. The Hall–Kier alpha value is -0.990. The van der Waals surface area contributed by atoms with Crippen molar-refractivity contribution in [1.82, 2.24) is 13.9 Å². The van der Waals surface area contributed by atoms with Crippen LogP contribution in [0.4, 0.5) is 0 Å². The van der Waals surface area contributed by atoms with Crippen molar-refractivity contribution in [3.63, 3.8) is 0 Å². The number of benzene rings is 1. The highest BCUT2D eigenvalue weighted by molar-refractivity contribution is 7.87. The van der Waals surface area contributed by atoms with Crippen molar-refractivity contribution in [2.45, 2.75) is 38.0 Å². The molecule has 3 fully saturated rings. The highest BCUT2D eigenvalue weighted by Crippen LogP contribution is 2.54. The first-order valence-electron chi connectivity index (χ1n) is 9.58. The lowest BCUT2D eigenvalue weighted by Gasteiger charge is -2.30. The van der Waals surface area contributed by atoms with Crippen LogP contribution >= 0.6 is 0 Å². The lowest BCUT2D eigenvalue weighted by Crippen LogP contribution is -2.45. The van der Waals surface area contributed by atoms with Crippen molar-refractivity contribution in [3.8, 4) is 0 Å². The Morgan fingerprint density at radius 3 is 2.85 bits per heavy atom. The first kappa shape index (κ1) is 18.4. The van der Waals surface area contributed by atoms with Crippen LogP contribution in [-0.4, -0.2) is 62.6 Å². The van der Waals surface area contributed by atoms with Crippen molar-refractivity contribution in [1.29, 1.82) is 0 Å². The van der Waals surface area contributed by atoms with Gasteiger partial charge in [0, 0.05) is 51.6 Å². The maximum Gasteiger partial charge on any atom is 0.279 e. The van der Waals surface area contributed by atoms with Gasteiger partial charge in [-0.15, -0.1) is 0 Å². The van der Waals surface area contributed by atoms with Gasteiger partial charge in [-0.05, 0) is 18.4 Å². The average molecular weight is 380 g/mol. The van der Waals surface area contributed by atoms with Gasteiger partial charge in [-0.3, -0.25) is 4.90 Å². The molecule has 144 valence electrons. The highest BCUT2D eigenvalue weighted by atomic mass is 32.2. The largest absolute Gasteiger partial charge is 0.370 e. The number of ether oxygens (including phenoxy) is 1. The van der Waals surface area contributed by atoms with Crippen molar-refractivity contribution in [2.24, 2.45) is 11.8 Å². The fraction of sp³-hybridized carbons (Fsp3) is 0.684. The molecule has 4 rings (SSSR count). The van der Waals surface area contributed by atoms with Crippen molar-refractivity contribution >= 4 is 10.2 Å². The quantitative estimate of drug-likeness (QED) is 0.779. The third-order valence-electron chi connectivity index (χ3n) is 6.46. The molecule has 6 nitrogen and oxygen atoms in total. The smallest absolute Gasteiger partial charge is 0.279 e. The summed E-state index contributed by atoms with van der Waals surface area (Å²) in [5, 5.41) is 0. The molecule has 0 amide bonds. The molecular formula is C19H29N3O3S. The summed E-state index contributed by atoms with van der Waals surface area (Å²) in [6.45, 7) is 5.67. The van der Waals surface area contributed by atoms with Gasteiger partial charge in [-0.1, -0.05) is 37.3 Å². The van der Waals surface area contributed by atoms with E-state index in [1.165, 1.54) is 9.87 Å². The van der Waals surface area contributed by atoms with Crippen molar-refractivity contribution in [3.05, 3.63) is 35.9 Å². The third kappa shape index (κ3) is 3.20. The number of hydrogen-bond donors (Lipinski definition) is 1. The number of fused-ring (bicyclic) bond motifs is 1. The van der Waals surface area contributed by atoms with Gasteiger partial charge in [0.15, 0.2) is 0 Å². The van der Waals surface area contributed by atoms with Crippen LogP contribution in [0.25, 0.3) is 0 Å². The second kappa shape index (κ2) is 6.87. The minimum Gasteiger partial charge on any atom is -0.370 e. The third-order valence-corrected chi connectivity index (χ3v) is 8.07. The zero-order valence-corrected chi connectivity index (χ0v) is 16.4. The molecule has 1 aromatic rings. The monoisotopic (exact) mass is 379 g/mol. The van der Waals surface area contributed by atoms with Crippen LogP contribution < -0.4 is 4.72 Å². The first-order chi connectivity index (χ1) is 12.4. The molecule has 26 heavy (non-hydrogen) atoms. The van der Waals surface area contributed by atoms with E-state index >= 15 is 0 Å². The summed E-state index contributed by atoms with van der Waals surface area (Å²) in [5.41, 5.74) is 1.26. The van der Waals surface area contributed by atoms with E-state index in [0.717, 1.165) is 32.5 Å². The van der Waals surface area contributed by atoms with Gasteiger partial charge in [0.05, 0.1) is 11.7 Å². The molecule has 1 N–H and O–H groups in total. The Balaban J connectivity index is 1.43. The molecule has 3 aliphatic rings. The number of nitrogens with one attached hydrogen (secondary N) is 1. The summed E-state index contributed by atoms with van der Waals surface area (Å²) in [4.78, 5) is 2.47. The molecule has 3 heterocycles. The Morgan fingerprint density at radius 1 is 1.35 bits per heavy atom. The number of nitrogens with zero attached hydrogens (tertiary/aromatic N) is 2. The minimum absolute atomic E-state index is 0.0633. The number of rotatable bonds is 7. The van der Waals surface area contributed by atoms with Gasteiger partial charge >= 0.3 is 0 Å². The van der Waals surface area contributed by atoms with Crippen LogP contribution in [0.1, 0.15) is 25.3 Å². The fourth-order valence-electron chi connectivity index (χ4n) is 5.00. The van der Waals surface area contributed by atoms with Gasteiger partial charge in [0.25, 0.3) is 10.2 Å². The topological polar surface area (TPSA) is 61.9 Å². The molecule has 3 aliphatic heterocycles. The molecule has 0 radical (unpaired) electrons. The van der Waals surface area contributed by atoms with Crippen molar-refractivity contribution in [2.75, 3.05) is 33.2 Å². The maximum absolute atomic E-state index is 12.3. The zero-order chi connectivity index (χ0) is 18.4. The van der Waals surface area contributed by atoms with Gasteiger partial charge in [0.1, 0.15) is 0 Å². The standard InChI is InChI=1S/C19H29N3O3S/c1-3-21(2)26(23,24)20-11-16-17-13-22(12-15-7-5-4-6-8-15)14-19(17)10-9-18(16)25-19/h4-8,16-18,20H,3,9-14H2,1-2H3/t16-,17+,18+,19+/m0/s1. The Morgan fingerprint density at radius 2 is 2.12 bits per heavy atom. The molecule has 7 heteroatoms. The van der Waals surface area contributed by atoms with Crippen LogP contribution in [0.5, 0.6) is 0 Å². The Bertz CT molecular complexity index is 742. The summed E-state index contributed by atoms with van der Waals surface area (Å²) >= 11 is 0. The van der Waals surface area contributed by atoms with Crippen molar-refractivity contribution < 1.29 is 13.2 Å². The van der Waals surface area contributed by atoms with Crippen LogP contribution in [0.15, 0.2) is 30.3 Å². The normalized spacial score (nSPS) is 33.9. The van der Waals surface area contributed by atoms with Crippen LogP contribution in [-0.2, 0) is 21.5 Å². The predicted octanol–water partition coefficient (Wildman–Crippen LogP) is 1.45. The highest BCUT2D eigenvalue weighted by Gasteiger charge is 2.62. The summed E-state index contributed by atoms with van der Waals surface area (Å²) < 4.78 is 35.2. The van der Waals surface area contributed by atoms with Gasteiger partial charge in [-0.25, -0.2) is 4.72 Å². The molecule has 4 atom stereocenters. The van der Waals surface area contributed by atoms with Gasteiger partial charge in [0.2, 0.25) is 0 Å². The molecule has 1 aromatic carbocycles. The van der Waals surface area contributed by atoms with Gasteiger partial charge in [-0.2, -0.15) is 12.7 Å². The lowest BCUT2D eigenvalue weighted by atomic mass is 9.74. The second-order valence-electron chi connectivity index (χ2n) is 7.95. The predicted molar refractivity (Wildman–Crippen MR) is 101 cm³/mol. The van der Waals surface area contributed by atoms with E-state index in [0.29, 0.717) is 19.0 Å². The Labute approximate surface area is 156 Å². The van der Waals surface area contributed by atoms with Crippen LogP contribution in [0.3, 0.4) is 0 Å². The van der Waals surface area contributed by atoms with Crippen LogP contribution in [0, 0.1) is 11.8 Å². The SMILES string of the molecule is CCN(C)S(=O)(=O)NC[C@H]1[C@H]2CN(Cc3ccccc3)C[C@]23CC[C@H]1O3. The molecule has 1 spiro atoms. The van der Waals surface area contributed by atoms with E-state index < -0.39 is 10.2 Å². The molecular weight excluding hydrogens is 350 g/mol. The molecule has 0 unspecified atom stereocenters. The molecule has 3 saturated heterocycles. The maximum atomic E-state index is 12.3. The summed E-state index contributed by atoms with van der Waals surface area (Å²) in [6, 6.07) is 10.5. The van der Waals surface area contributed by atoms with E-state index in [4.69, 9.17) is 4.74 Å². The van der Waals surface area contributed by atoms with E-state index in [9.17, 15) is 8.42 Å². The van der Waals surface area contributed by atoms with E-state index in [-0.39, 0.29) is 17.6 Å². The van der Waals surface area contributed by atoms with Gasteiger partial charge < -0.3 is 4.74 Å². The number of likely N-dealkylation sites (tertiary alicyclic amines) is 1. The summed E-state index contributed by atoms with van der Waals surface area (Å²) in [5.74, 6) is 0.684. The Kier molecular flexibility index (Phi) is 4.86. The number of hydrogen-bond acceptors (Lipinski definition) is 4. The summed E-state index contributed by atoms with van der Waals surface area (Å²) in [6.07, 6.45) is 2.35. The van der Waals surface area contributed by atoms with E-state index in [1.54, 1.807) is 7.05 Å². The van der Waals surface area contributed by atoms with E-state index in [1.807, 2.05) is 13.0 Å². The average Bonchev–Trinajstić information content (AvgIpc) is 3.28. The minimum atomic E-state index is -3.39. The first-order valence-corrected chi connectivity index (χ1v) is 11.0. The summed E-state index contributed by atoms with van der Waals surface area (Å²) in [7, 11) is -1.78. The van der Waals surface area contributed by atoms with E-state index in [2.05, 4.69) is 33.9 Å². The second-order valence-corrected chi connectivity index (χ2v) is 9.82.